The zero-order valence-electron chi connectivity index (χ0n) is 19.6. The van der Waals surface area contributed by atoms with Crippen LogP contribution < -0.4 is 10.1 Å². The van der Waals surface area contributed by atoms with E-state index in [-0.39, 0.29) is 11.8 Å². The summed E-state index contributed by atoms with van der Waals surface area (Å²) in [6.07, 6.45) is 2.77. The van der Waals surface area contributed by atoms with Crippen molar-refractivity contribution < 1.29 is 18.6 Å². The number of aliphatic hydroxyl groups is 1. The van der Waals surface area contributed by atoms with Gasteiger partial charge in [-0.15, -0.1) is 10.2 Å². The molecule has 0 spiro atoms. The molecule has 5 rings (SSSR count). The highest BCUT2D eigenvalue weighted by Gasteiger charge is 2.38. The second kappa shape index (κ2) is 9.54. The van der Waals surface area contributed by atoms with E-state index in [0.717, 1.165) is 6.54 Å². The molecule has 0 amide bonds. The van der Waals surface area contributed by atoms with Crippen LogP contribution in [0.15, 0.2) is 42.9 Å². The van der Waals surface area contributed by atoms with Crippen molar-refractivity contribution >= 4 is 11.6 Å². The van der Waals surface area contributed by atoms with Crippen molar-refractivity contribution in [2.45, 2.75) is 18.4 Å². The Balaban J connectivity index is 1.37. The Bertz CT molecular complexity index is 1360. The molecule has 5 heterocycles. The van der Waals surface area contributed by atoms with Crippen LogP contribution in [0.3, 0.4) is 0 Å². The van der Waals surface area contributed by atoms with E-state index in [1.165, 1.54) is 9.36 Å². The van der Waals surface area contributed by atoms with E-state index in [4.69, 9.17) is 4.74 Å². The average Bonchev–Trinajstić information content (AvgIpc) is 3.57. The molecule has 188 valence electrons. The summed E-state index contributed by atoms with van der Waals surface area (Å²) in [6, 6.07) is 7.06. The van der Waals surface area contributed by atoms with Crippen molar-refractivity contribution in [3.63, 3.8) is 0 Å². The molecule has 36 heavy (non-hydrogen) atoms. The molecule has 0 saturated carbocycles. The maximum atomic E-state index is 12.6. The summed E-state index contributed by atoms with van der Waals surface area (Å²) in [6.45, 7) is 0.489. The van der Waals surface area contributed by atoms with Crippen molar-refractivity contribution in [2.75, 3.05) is 32.1 Å². The van der Waals surface area contributed by atoms with Crippen LogP contribution in [0.25, 0.3) is 17.2 Å². The lowest BCUT2D eigenvalue weighted by atomic mass is 10.00. The fraction of sp³-hybridized carbons (Fsp3) is 0.364. The molecular formula is C22H24F2N10O2. The summed E-state index contributed by atoms with van der Waals surface area (Å²) in [7, 11) is 3.59. The smallest absolute Gasteiger partial charge is 0.272 e. The van der Waals surface area contributed by atoms with Gasteiger partial charge in [0.15, 0.2) is 12.4 Å². The molecule has 1 aliphatic heterocycles. The minimum absolute atomic E-state index is 0.0176. The fourth-order valence-corrected chi connectivity index (χ4v) is 3.96. The van der Waals surface area contributed by atoms with Gasteiger partial charge >= 0.3 is 0 Å². The number of halogens is 2. The lowest BCUT2D eigenvalue weighted by Crippen LogP contribution is -2.29. The molecular weight excluding hydrogens is 474 g/mol. The van der Waals surface area contributed by atoms with Gasteiger partial charge in [-0.25, -0.2) is 28.4 Å². The summed E-state index contributed by atoms with van der Waals surface area (Å²) in [4.78, 5) is 15.4. The fourth-order valence-electron chi connectivity index (χ4n) is 3.96. The van der Waals surface area contributed by atoms with Crippen LogP contribution in [0.5, 0.6) is 5.88 Å². The van der Waals surface area contributed by atoms with E-state index < -0.39 is 18.6 Å². The van der Waals surface area contributed by atoms with E-state index in [0.29, 0.717) is 41.6 Å². The van der Waals surface area contributed by atoms with Crippen LogP contribution in [-0.2, 0) is 12.6 Å². The number of nitrogens with one attached hydrogen (secondary N) is 1. The van der Waals surface area contributed by atoms with Gasteiger partial charge in [-0.3, -0.25) is 4.68 Å². The summed E-state index contributed by atoms with van der Waals surface area (Å²) >= 11 is 0. The Hall–Kier alpha value is -4.04. The van der Waals surface area contributed by atoms with Crippen molar-refractivity contribution in [2.24, 2.45) is 7.05 Å². The van der Waals surface area contributed by atoms with E-state index >= 15 is 0 Å². The van der Waals surface area contributed by atoms with Crippen LogP contribution in [0.1, 0.15) is 12.1 Å². The molecule has 0 aromatic carbocycles. The van der Waals surface area contributed by atoms with Gasteiger partial charge in [0.25, 0.3) is 12.3 Å². The Morgan fingerprint density at radius 2 is 2.00 bits per heavy atom. The lowest BCUT2D eigenvalue weighted by Gasteiger charge is -2.18. The molecule has 0 bridgehead atoms. The number of aryl methyl sites for hydroxylation is 1. The van der Waals surface area contributed by atoms with Crippen LogP contribution >= 0.6 is 0 Å². The predicted octanol–water partition coefficient (Wildman–Crippen LogP) is 1.76. The molecule has 1 fully saturated rings. The minimum atomic E-state index is -2.62. The number of β-amino-alcohol motifs (C(OH)–C–C–N with tert-alkyl or cyclic N) is 1. The number of likely N-dealkylation sites (tertiary alicyclic amines) is 1. The molecule has 0 radical (unpaired) electrons. The normalized spacial score (nSPS) is 18.2. The minimum Gasteiger partial charge on any atom is -0.469 e. The van der Waals surface area contributed by atoms with Crippen LogP contribution in [0.4, 0.5) is 20.4 Å². The van der Waals surface area contributed by atoms with Gasteiger partial charge in [0.05, 0.1) is 23.8 Å². The van der Waals surface area contributed by atoms with Crippen LogP contribution in [0.2, 0.25) is 0 Å². The first-order chi connectivity index (χ1) is 17.3. The number of alkyl halides is 2. The van der Waals surface area contributed by atoms with E-state index in [2.05, 4.69) is 35.7 Å². The van der Waals surface area contributed by atoms with Gasteiger partial charge < -0.3 is 20.1 Å². The van der Waals surface area contributed by atoms with Crippen LogP contribution in [-0.4, -0.2) is 82.9 Å². The molecule has 4 aromatic rings. The molecule has 0 aliphatic carbocycles. The second-order valence-electron chi connectivity index (χ2n) is 8.56. The first kappa shape index (κ1) is 23.7. The third-order valence-corrected chi connectivity index (χ3v) is 5.68. The topological polar surface area (TPSA) is 132 Å². The third kappa shape index (κ3) is 4.99. The molecule has 2 N–H and O–H groups in total. The Morgan fingerprint density at radius 3 is 2.78 bits per heavy atom. The SMILES string of the molecule is CN1CC[C@](O)(c2cn(-c3cccc(-c4ccnc(Nc5cn(C)nc5OCC(F)F)n4)n3)nn2)C1. The summed E-state index contributed by atoms with van der Waals surface area (Å²) in [5, 5.41) is 26.2. The van der Waals surface area contributed by atoms with Crippen molar-refractivity contribution in [1.82, 2.24) is 44.6 Å². The molecule has 14 heteroatoms. The van der Waals surface area contributed by atoms with Gasteiger partial charge in [-0.2, -0.15) is 0 Å². The van der Waals surface area contributed by atoms with E-state index in [1.807, 2.05) is 18.0 Å². The standard InChI is InChI=1S/C22H24F2N10O2/c1-32-9-7-22(35,13-32)17-11-34(31-29-17)19-5-3-4-14(26-19)15-6-8-25-21(27-15)28-16-10-33(2)30-20(16)36-12-18(23)24/h3-6,8,10-11,18,35H,7,9,12-13H2,1-2H3,(H,25,27,28)/t22-/m1/s1. The zero-order chi connectivity index (χ0) is 25.3. The first-order valence-corrected chi connectivity index (χ1v) is 11.2. The third-order valence-electron chi connectivity index (χ3n) is 5.68. The second-order valence-corrected chi connectivity index (χ2v) is 8.56. The summed E-state index contributed by atoms with van der Waals surface area (Å²) in [5.41, 5.74) is 0.873. The molecule has 0 unspecified atom stereocenters. The number of aromatic nitrogens is 8. The van der Waals surface area contributed by atoms with Gasteiger partial charge in [0.1, 0.15) is 17.0 Å². The van der Waals surface area contributed by atoms with E-state index in [1.54, 1.807) is 43.8 Å². The van der Waals surface area contributed by atoms with Crippen molar-refractivity contribution in [1.29, 1.82) is 0 Å². The van der Waals surface area contributed by atoms with Gasteiger partial charge in [0.2, 0.25) is 5.95 Å². The highest BCUT2D eigenvalue weighted by atomic mass is 19.3. The first-order valence-electron chi connectivity index (χ1n) is 11.2. The number of anilines is 2. The highest BCUT2D eigenvalue weighted by Crippen LogP contribution is 2.30. The monoisotopic (exact) mass is 498 g/mol. The number of hydrogen-bond acceptors (Lipinski definition) is 10. The van der Waals surface area contributed by atoms with Gasteiger partial charge in [0, 0.05) is 26.3 Å². The predicted molar refractivity (Wildman–Crippen MR) is 124 cm³/mol. The number of ether oxygens (including phenoxy) is 1. The number of hydrogen-bond donors (Lipinski definition) is 2. The number of pyridine rings is 1. The molecule has 12 nitrogen and oxygen atoms in total. The van der Waals surface area contributed by atoms with Gasteiger partial charge in [-0.05, 0) is 31.7 Å². The van der Waals surface area contributed by atoms with E-state index in [9.17, 15) is 13.9 Å². The molecule has 1 aliphatic rings. The maximum absolute atomic E-state index is 12.6. The average molecular weight is 498 g/mol. The van der Waals surface area contributed by atoms with Gasteiger partial charge in [-0.1, -0.05) is 11.3 Å². The Kier molecular flexibility index (Phi) is 6.28. The largest absolute Gasteiger partial charge is 0.469 e. The number of nitrogens with zero attached hydrogens (tertiary/aromatic N) is 9. The van der Waals surface area contributed by atoms with Crippen LogP contribution in [0, 0.1) is 0 Å². The lowest BCUT2D eigenvalue weighted by molar-refractivity contribution is 0.0443. The maximum Gasteiger partial charge on any atom is 0.272 e. The number of rotatable bonds is 8. The Morgan fingerprint density at radius 1 is 1.17 bits per heavy atom. The highest BCUT2D eigenvalue weighted by molar-refractivity contribution is 5.62. The zero-order valence-corrected chi connectivity index (χ0v) is 19.6. The molecule has 1 saturated heterocycles. The van der Waals surface area contributed by atoms with Crippen molar-refractivity contribution in [3.05, 3.63) is 48.5 Å². The molecule has 4 aromatic heterocycles. The summed E-state index contributed by atoms with van der Waals surface area (Å²) in [5.74, 6) is 0.735. The van der Waals surface area contributed by atoms with Crippen molar-refractivity contribution in [3.8, 4) is 23.1 Å². The number of likely N-dealkylation sites (N-methyl/N-ethyl adjacent to an activating group) is 1. The quantitative estimate of drug-likeness (QED) is 0.370. The Labute approximate surface area is 204 Å². The summed E-state index contributed by atoms with van der Waals surface area (Å²) < 4.78 is 33.1. The molecule has 1 atom stereocenters.